The molecule has 0 saturated heterocycles. The third-order valence-electron chi connectivity index (χ3n) is 3.51. The molecule has 23 heavy (non-hydrogen) atoms. The van der Waals surface area contributed by atoms with Crippen molar-refractivity contribution in [1.29, 1.82) is 0 Å². The molecule has 0 radical (unpaired) electrons. The van der Waals surface area contributed by atoms with E-state index in [9.17, 15) is 15.3 Å². The van der Waals surface area contributed by atoms with E-state index in [0.29, 0.717) is 12.0 Å². The van der Waals surface area contributed by atoms with Gasteiger partial charge in [0.15, 0.2) is 11.5 Å². The zero-order valence-electron chi connectivity index (χ0n) is 12.3. The van der Waals surface area contributed by atoms with Crippen molar-refractivity contribution in [3.05, 3.63) is 77.9 Å². The third-order valence-corrected chi connectivity index (χ3v) is 3.51. The van der Waals surface area contributed by atoms with Gasteiger partial charge in [-0.1, -0.05) is 36.4 Å². The fourth-order valence-electron chi connectivity index (χ4n) is 2.27. The first-order valence-electron chi connectivity index (χ1n) is 7.18. The highest BCUT2D eigenvalue weighted by Crippen LogP contribution is 2.38. The number of phenolic OH excluding ortho intramolecular Hbond substituents is 3. The van der Waals surface area contributed by atoms with E-state index in [1.54, 1.807) is 6.07 Å². The number of hydrogen-bond donors (Lipinski definition) is 3. The lowest BCUT2D eigenvalue weighted by atomic mass is 10.0. The molecule has 0 aliphatic carbocycles. The van der Waals surface area contributed by atoms with Gasteiger partial charge in [0.2, 0.25) is 5.75 Å². The summed E-state index contributed by atoms with van der Waals surface area (Å²) < 4.78 is 5.72. The molecule has 116 valence electrons. The van der Waals surface area contributed by atoms with Gasteiger partial charge in [-0.05, 0) is 35.9 Å². The summed E-state index contributed by atoms with van der Waals surface area (Å²) in [5.41, 5.74) is 1.49. The Kier molecular flexibility index (Phi) is 4.06. The number of aromatic hydroxyl groups is 3. The first kappa shape index (κ1) is 14.8. The van der Waals surface area contributed by atoms with E-state index in [2.05, 4.69) is 0 Å². The normalized spacial score (nSPS) is 10.4. The molecule has 0 unspecified atom stereocenters. The summed E-state index contributed by atoms with van der Waals surface area (Å²) in [6.07, 6.45) is 0.436. The lowest BCUT2D eigenvalue weighted by Gasteiger charge is -2.09. The summed E-state index contributed by atoms with van der Waals surface area (Å²) in [5, 5.41) is 28.7. The summed E-state index contributed by atoms with van der Waals surface area (Å²) in [6, 6.07) is 19.9. The maximum atomic E-state index is 9.85. The van der Waals surface area contributed by atoms with Crippen LogP contribution in [0.3, 0.4) is 0 Å². The Hall–Kier alpha value is -3.14. The Balaban J connectivity index is 1.74. The van der Waals surface area contributed by atoms with Gasteiger partial charge in [0.05, 0.1) is 0 Å². The average Bonchev–Trinajstić information content (AvgIpc) is 2.58. The molecule has 4 nitrogen and oxygen atoms in total. The Morgan fingerprint density at radius 3 is 2.00 bits per heavy atom. The van der Waals surface area contributed by atoms with Gasteiger partial charge in [-0.15, -0.1) is 0 Å². The van der Waals surface area contributed by atoms with Gasteiger partial charge in [0, 0.05) is 12.0 Å². The molecule has 3 rings (SSSR count). The standard InChI is InChI=1S/C19H16O4/c20-17-11-8-14(18(21)19(17)22)12-13-6-9-16(10-7-13)23-15-4-2-1-3-5-15/h1-11,20-22H,12H2. The highest BCUT2D eigenvalue weighted by atomic mass is 16.5. The van der Waals surface area contributed by atoms with Crippen LogP contribution in [0.2, 0.25) is 0 Å². The summed E-state index contributed by atoms with van der Waals surface area (Å²) in [6.45, 7) is 0. The molecule has 0 amide bonds. The number of phenols is 3. The van der Waals surface area contributed by atoms with Crippen molar-refractivity contribution in [2.45, 2.75) is 6.42 Å². The van der Waals surface area contributed by atoms with Crippen molar-refractivity contribution in [2.75, 3.05) is 0 Å². The molecule has 0 bridgehead atoms. The van der Waals surface area contributed by atoms with E-state index in [-0.39, 0.29) is 11.5 Å². The molecule has 0 aliphatic heterocycles. The van der Waals surface area contributed by atoms with Crippen molar-refractivity contribution < 1.29 is 20.1 Å². The molecule has 3 aromatic carbocycles. The summed E-state index contributed by atoms with van der Waals surface area (Å²) >= 11 is 0. The topological polar surface area (TPSA) is 69.9 Å². The second-order valence-corrected chi connectivity index (χ2v) is 5.18. The minimum absolute atomic E-state index is 0.297. The minimum Gasteiger partial charge on any atom is -0.504 e. The third kappa shape index (κ3) is 3.37. The number of hydrogen-bond acceptors (Lipinski definition) is 4. The second-order valence-electron chi connectivity index (χ2n) is 5.18. The molecule has 3 N–H and O–H groups in total. The van der Waals surface area contributed by atoms with Crippen LogP contribution in [0.25, 0.3) is 0 Å². The monoisotopic (exact) mass is 308 g/mol. The first-order valence-corrected chi connectivity index (χ1v) is 7.18. The van der Waals surface area contributed by atoms with Crippen LogP contribution in [-0.4, -0.2) is 15.3 Å². The Morgan fingerprint density at radius 1 is 0.652 bits per heavy atom. The van der Waals surface area contributed by atoms with Crippen molar-refractivity contribution in [1.82, 2.24) is 0 Å². The zero-order valence-corrected chi connectivity index (χ0v) is 12.3. The van der Waals surface area contributed by atoms with Crippen LogP contribution in [0.1, 0.15) is 11.1 Å². The Labute approximate surface area is 133 Å². The van der Waals surface area contributed by atoms with Crippen LogP contribution < -0.4 is 4.74 Å². The van der Waals surface area contributed by atoms with Crippen molar-refractivity contribution in [2.24, 2.45) is 0 Å². The molecule has 0 atom stereocenters. The van der Waals surface area contributed by atoms with Gasteiger partial charge in [-0.25, -0.2) is 0 Å². The Bertz CT molecular complexity index is 796. The predicted octanol–water partition coefficient (Wildman–Crippen LogP) is 4.19. The van der Waals surface area contributed by atoms with Gasteiger partial charge in [-0.3, -0.25) is 0 Å². The largest absolute Gasteiger partial charge is 0.504 e. The highest BCUT2D eigenvalue weighted by molar-refractivity contribution is 5.54. The molecule has 0 saturated carbocycles. The minimum atomic E-state index is -0.494. The maximum Gasteiger partial charge on any atom is 0.200 e. The van der Waals surface area contributed by atoms with E-state index >= 15 is 0 Å². The van der Waals surface area contributed by atoms with Gasteiger partial charge >= 0.3 is 0 Å². The molecule has 0 aromatic heterocycles. The SMILES string of the molecule is Oc1ccc(Cc2ccc(Oc3ccccc3)cc2)c(O)c1O. The van der Waals surface area contributed by atoms with Gasteiger partial charge in [-0.2, -0.15) is 0 Å². The lowest BCUT2D eigenvalue weighted by molar-refractivity contribution is 0.365. The maximum absolute atomic E-state index is 9.85. The van der Waals surface area contributed by atoms with E-state index in [4.69, 9.17) is 4.74 Å². The van der Waals surface area contributed by atoms with Gasteiger partial charge in [0.25, 0.3) is 0 Å². The fourth-order valence-corrected chi connectivity index (χ4v) is 2.27. The van der Waals surface area contributed by atoms with Crippen molar-refractivity contribution >= 4 is 0 Å². The molecular weight excluding hydrogens is 292 g/mol. The van der Waals surface area contributed by atoms with Crippen LogP contribution in [-0.2, 0) is 6.42 Å². The number of rotatable bonds is 4. The molecule has 0 fully saturated rings. The number of para-hydroxylation sites is 1. The van der Waals surface area contributed by atoms with Crippen LogP contribution in [0.5, 0.6) is 28.7 Å². The Morgan fingerprint density at radius 2 is 1.30 bits per heavy atom. The predicted molar refractivity (Wildman–Crippen MR) is 87.2 cm³/mol. The summed E-state index contributed by atoms with van der Waals surface area (Å²) in [5.74, 6) is 0.359. The van der Waals surface area contributed by atoms with E-state index < -0.39 is 5.75 Å². The summed E-state index contributed by atoms with van der Waals surface area (Å²) in [7, 11) is 0. The highest BCUT2D eigenvalue weighted by Gasteiger charge is 2.11. The molecule has 3 aromatic rings. The molecule has 0 aliphatic rings. The van der Waals surface area contributed by atoms with Gasteiger partial charge < -0.3 is 20.1 Å². The van der Waals surface area contributed by atoms with Crippen LogP contribution in [0.15, 0.2) is 66.7 Å². The smallest absolute Gasteiger partial charge is 0.200 e. The van der Waals surface area contributed by atoms with Crippen molar-refractivity contribution in [3.63, 3.8) is 0 Å². The number of ether oxygens (including phenoxy) is 1. The number of benzene rings is 3. The fraction of sp³-hybridized carbons (Fsp3) is 0.0526. The van der Waals surface area contributed by atoms with Crippen LogP contribution in [0.4, 0.5) is 0 Å². The second kappa shape index (κ2) is 6.32. The lowest BCUT2D eigenvalue weighted by Crippen LogP contribution is -1.90. The molecular formula is C19H16O4. The van der Waals surface area contributed by atoms with E-state index in [1.165, 1.54) is 6.07 Å². The quantitative estimate of drug-likeness (QED) is 0.632. The molecule has 4 heteroatoms. The van der Waals surface area contributed by atoms with Crippen LogP contribution in [0, 0.1) is 0 Å². The zero-order chi connectivity index (χ0) is 16.2. The average molecular weight is 308 g/mol. The molecule has 0 heterocycles. The summed E-state index contributed by atoms with van der Waals surface area (Å²) in [4.78, 5) is 0. The van der Waals surface area contributed by atoms with E-state index in [0.717, 1.165) is 17.1 Å². The first-order chi connectivity index (χ1) is 11.1. The molecule has 0 spiro atoms. The van der Waals surface area contributed by atoms with E-state index in [1.807, 2.05) is 54.6 Å². The van der Waals surface area contributed by atoms with Gasteiger partial charge in [0.1, 0.15) is 11.5 Å². The van der Waals surface area contributed by atoms with Crippen molar-refractivity contribution in [3.8, 4) is 28.7 Å². The van der Waals surface area contributed by atoms with Crippen LogP contribution >= 0.6 is 0 Å².